The topological polar surface area (TPSA) is 95.7 Å². The van der Waals surface area contributed by atoms with E-state index in [0.29, 0.717) is 20.9 Å². The van der Waals surface area contributed by atoms with E-state index < -0.39 is 5.97 Å². The monoisotopic (exact) mass is 306 g/mol. The van der Waals surface area contributed by atoms with E-state index in [9.17, 15) is 4.79 Å². The van der Waals surface area contributed by atoms with Gasteiger partial charge in [-0.05, 0) is 10.4 Å². The number of tetrazole rings is 1. The Morgan fingerprint density at radius 2 is 2.39 bits per heavy atom. The van der Waals surface area contributed by atoms with Crippen molar-refractivity contribution in [1.82, 2.24) is 29.8 Å². The molecule has 0 aliphatic rings. The van der Waals surface area contributed by atoms with Crippen LogP contribution in [0.25, 0.3) is 0 Å². The van der Waals surface area contributed by atoms with Gasteiger partial charge in [-0.1, -0.05) is 27.9 Å². The van der Waals surface area contributed by atoms with Gasteiger partial charge in [-0.15, -0.1) is 10.2 Å². The molecule has 18 heavy (non-hydrogen) atoms. The SMILES string of the molecule is COC(=O)Cn1nnnc1SCc1nnsc1Cl. The standard InChI is InChI=1S/C7H7ClN6O2S2/c1-16-5(15)2-14-7(10-11-12-14)17-3-4-6(8)18-13-9-4/h2-3H2,1H3. The van der Waals surface area contributed by atoms with Crippen molar-refractivity contribution < 1.29 is 9.53 Å². The predicted molar refractivity (Wildman–Crippen MR) is 64.3 cm³/mol. The molecule has 0 fully saturated rings. The Kier molecular flexibility index (Phi) is 4.44. The zero-order chi connectivity index (χ0) is 13.0. The summed E-state index contributed by atoms with van der Waals surface area (Å²) in [7, 11) is 1.31. The first-order chi connectivity index (χ1) is 8.70. The Bertz CT molecular complexity index is 544. The molecule has 2 heterocycles. The summed E-state index contributed by atoms with van der Waals surface area (Å²) >= 11 is 8.31. The van der Waals surface area contributed by atoms with Crippen LogP contribution in [0.1, 0.15) is 5.69 Å². The van der Waals surface area contributed by atoms with Gasteiger partial charge in [-0.3, -0.25) is 4.79 Å². The van der Waals surface area contributed by atoms with Gasteiger partial charge in [0.15, 0.2) is 0 Å². The van der Waals surface area contributed by atoms with Crippen LogP contribution in [-0.2, 0) is 21.8 Å². The zero-order valence-electron chi connectivity index (χ0n) is 9.11. The molecule has 0 aliphatic carbocycles. The number of carbonyl (C=O) groups is 1. The van der Waals surface area contributed by atoms with E-state index in [-0.39, 0.29) is 6.54 Å². The summed E-state index contributed by atoms with van der Waals surface area (Å²) in [5.41, 5.74) is 0.666. The number of hydrogen-bond donors (Lipinski definition) is 0. The summed E-state index contributed by atoms with van der Waals surface area (Å²) in [5.74, 6) is 0.0640. The third-order valence-corrected chi connectivity index (χ3v) is 3.81. The molecule has 2 aromatic heterocycles. The molecule has 2 aromatic rings. The van der Waals surface area contributed by atoms with Crippen LogP contribution in [0.4, 0.5) is 0 Å². The normalized spacial score (nSPS) is 10.6. The Balaban J connectivity index is 2.00. The molecule has 11 heteroatoms. The molecule has 0 amide bonds. The van der Waals surface area contributed by atoms with Gasteiger partial charge < -0.3 is 4.74 Å². The summed E-state index contributed by atoms with van der Waals surface area (Å²) in [6.07, 6.45) is 0. The third-order valence-electron chi connectivity index (χ3n) is 1.85. The molecule has 0 saturated carbocycles. The molecule has 2 rings (SSSR count). The number of aromatic nitrogens is 6. The van der Waals surface area contributed by atoms with Crippen LogP contribution in [0.3, 0.4) is 0 Å². The van der Waals surface area contributed by atoms with Gasteiger partial charge in [0.25, 0.3) is 0 Å². The van der Waals surface area contributed by atoms with E-state index >= 15 is 0 Å². The minimum atomic E-state index is -0.419. The number of thioether (sulfide) groups is 1. The molecular weight excluding hydrogens is 300 g/mol. The van der Waals surface area contributed by atoms with E-state index in [2.05, 4.69) is 29.8 Å². The Labute approximate surface area is 115 Å². The van der Waals surface area contributed by atoms with Crippen molar-refractivity contribution in [3.8, 4) is 0 Å². The highest BCUT2D eigenvalue weighted by molar-refractivity contribution is 7.98. The lowest BCUT2D eigenvalue weighted by Gasteiger charge is -2.01. The maximum atomic E-state index is 11.1. The van der Waals surface area contributed by atoms with Crippen LogP contribution >= 0.6 is 34.9 Å². The first kappa shape index (κ1) is 13.2. The van der Waals surface area contributed by atoms with Crippen LogP contribution in [-0.4, -0.2) is 42.9 Å². The number of ether oxygens (including phenoxy) is 1. The smallest absolute Gasteiger partial charge is 0.327 e. The van der Waals surface area contributed by atoms with E-state index in [0.717, 1.165) is 11.5 Å². The second kappa shape index (κ2) is 6.07. The van der Waals surface area contributed by atoms with E-state index in [1.165, 1.54) is 23.6 Å². The van der Waals surface area contributed by atoms with Crippen molar-refractivity contribution in [2.75, 3.05) is 7.11 Å². The van der Waals surface area contributed by atoms with Crippen LogP contribution in [0, 0.1) is 0 Å². The Morgan fingerprint density at radius 3 is 3.06 bits per heavy atom. The molecule has 0 bridgehead atoms. The Hall–Kier alpha value is -1.26. The van der Waals surface area contributed by atoms with Gasteiger partial charge in [0, 0.05) is 17.3 Å². The second-order valence-electron chi connectivity index (χ2n) is 2.98. The molecule has 0 aromatic carbocycles. The van der Waals surface area contributed by atoms with Crippen molar-refractivity contribution in [2.24, 2.45) is 0 Å². The zero-order valence-corrected chi connectivity index (χ0v) is 11.5. The largest absolute Gasteiger partial charge is 0.468 e. The number of halogens is 1. The average molecular weight is 307 g/mol. The number of carbonyl (C=O) groups excluding carboxylic acids is 1. The molecule has 0 saturated heterocycles. The van der Waals surface area contributed by atoms with Crippen molar-refractivity contribution in [1.29, 1.82) is 0 Å². The first-order valence-corrected chi connectivity index (χ1v) is 6.77. The number of esters is 1. The van der Waals surface area contributed by atoms with Gasteiger partial charge in [0.2, 0.25) is 5.16 Å². The lowest BCUT2D eigenvalue weighted by molar-refractivity contribution is -0.141. The number of rotatable bonds is 5. The molecule has 0 spiro atoms. The highest BCUT2D eigenvalue weighted by Gasteiger charge is 2.13. The van der Waals surface area contributed by atoms with Gasteiger partial charge in [0.05, 0.1) is 7.11 Å². The lowest BCUT2D eigenvalue weighted by atomic mass is 10.6. The van der Waals surface area contributed by atoms with Gasteiger partial charge in [0.1, 0.15) is 16.6 Å². The molecule has 8 nitrogen and oxygen atoms in total. The van der Waals surface area contributed by atoms with Crippen LogP contribution in [0.5, 0.6) is 0 Å². The van der Waals surface area contributed by atoms with Gasteiger partial charge >= 0.3 is 5.97 Å². The number of nitrogens with zero attached hydrogens (tertiary/aromatic N) is 6. The molecule has 0 aliphatic heterocycles. The lowest BCUT2D eigenvalue weighted by Crippen LogP contribution is -2.13. The fourth-order valence-corrected chi connectivity index (χ4v) is 2.61. The minimum absolute atomic E-state index is 0.0329. The van der Waals surface area contributed by atoms with Crippen LogP contribution < -0.4 is 0 Å². The molecular formula is C7H7ClN6O2S2. The average Bonchev–Trinajstić information content (AvgIpc) is 2.96. The molecule has 96 valence electrons. The molecule has 0 atom stereocenters. The quantitative estimate of drug-likeness (QED) is 0.586. The second-order valence-corrected chi connectivity index (χ2v) is 5.28. The number of hydrogen-bond acceptors (Lipinski definition) is 9. The van der Waals surface area contributed by atoms with E-state index in [1.807, 2.05) is 0 Å². The Morgan fingerprint density at radius 1 is 1.56 bits per heavy atom. The van der Waals surface area contributed by atoms with Crippen molar-refractivity contribution >= 4 is 40.9 Å². The van der Waals surface area contributed by atoms with Crippen molar-refractivity contribution in [3.63, 3.8) is 0 Å². The maximum absolute atomic E-state index is 11.1. The summed E-state index contributed by atoms with van der Waals surface area (Å²) in [6.45, 7) is -0.0329. The third kappa shape index (κ3) is 3.15. The molecule has 0 unspecified atom stereocenters. The predicted octanol–water partition coefficient (Wildman–Crippen LogP) is 0.643. The first-order valence-electron chi connectivity index (χ1n) is 4.63. The summed E-state index contributed by atoms with van der Waals surface area (Å²) in [4.78, 5) is 11.1. The summed E-state index contributed by atoms with van der Waals surface area (Å²) < 4.78 is 10.1. The van der Waals surface area contributed by atoms with Gasteiger partial charge in [-0.2, -0.15) is 0 Å². The van der Waals surface area contributed by atoms with E-state index in [4.69, 9.17) is 11.6 Å². The van der Waals surface area contributed by atoms with Gasteiger partial charge in [-0.25, -0.2) is 4.68 Å². The fraction of sp³-hybridized carbons (Fsp3) is 0.429. The van der Waals surface area contributed by atoms with Crippen molar-refractivity contribution in [3.05, 3.63) is 10.0 Å². The molecule has 0 radical (unpaired) electrons. The maximum Gasteiger partial charge on any atom is 0.327 e. The summed E-state index contributed by atoms with van der Waals surface area (Å²) in [6, 6.07) is 0. The van der Waals surface area contributed by atoms with Crippen LogP contribution in [0.2, 0.25) is 4.34 Å². The minimum Gasteiger partial charge on any atom is -0.468 e. The van der Waals surface area contributed by atoms with Crippen LogP contribution in [0.15, 0.2) is 5.16 Å². The van der Waals surface area contributed by atoms with Crippen molar-refractivity contribution in [2.45, 2.75) is 17.5 Å². The fourth-order valence-electron chi connectivity index (χ4n) is 1.00. The highest BCUT2D eigenvalue weighted by atomic mass is 35.5. The number of methoxy groups -OCH3 is 1. The molecule has 0 N–H and O–H groups in total. The summed E-state index contributed by atoms with van der Waals surface area (Å²) in [5, 5.41) is 15.4. The highest BCUT2D eigenvalue weighted by Crippen LogP contribution is 2.25. The van der Waals surface area contributed by atoms with E-state index in [1.54, 1.807) is 0 Å².